The lowest BCUT2D eigenvalue weighted by molar-refractivity contribution is -0.172. The number of hydrogen-bond donors (Lipinski definition) is 1. The van der Waals surface area contributed by atoms with E-state index in [4.69, 9.17) is 4.74 Å². The van der Waals surface area contributed by atoms with E-state index in [0.717, 1.165) is 50.9 Å². The SMILES string of the molecule is CCC[C@@]1(O)CC[C@H]2[C@H](CC[C@@H]3[C@@H]2CC[C@]2(C)C(=O)C(C(=O)OCC)C[C@@H](C)[C@@H]32)C1. The molecule has 1 unspecified atom stereocenters. The van der Waals surface area contributed by atoms with Crippen molar-refractivity contribution in [1.82, 2.24) is 0 Å². The first-order valence-electron chi connectivity index (χ1n) is 12.7. The Balaban J connectivity index is 1.53. The number of ether oxygens (including phenoxy) is 1. The van der Waals surface area contributed by atoms with E-state index >= 15 is 0 Å². The summed E-state index contributed by atoms with van der Waals surface area (Å²) in [4.78, 5) is 26.0. The molecule has 0 amide bonds. The summed E-state index contributed by atoms with van der Waals surface area (Å²) >= 11 is 0. The summed E-state index contributed by atoms with van der Waals surface area (Å²) in [7, 11) is 0. The van der Waals surface area contributed by atoms with E-state index in [1.54, 1.807) is 0 Å². The summed E-state index contributed by atoms with van der Waals surface area (Å²) in [6.45, 7) is 8.76. The van der Waals surface area contributed by atoms with Gasteiger partial charge in [-0.3, -0.25) is 9.59 Å². The fraction of sp³-hybridized carbons (Fsp3) is 0.923. The number of fused-ring (bicyclic) bond motifs is 5. The number of ketones is 1. The maximum absolute atomic E-state index is 13.5. The minimum atomic E-state index is -0.562. The molecule has 1 N–H and O–H groups in total. The van der Waals surface area contributed by atoms with Crippen molar-refractivity contribution < 1.29 is 19.4 Å². The molecule has 0 aromatic heterocycles. The van der Waals surface area contributed by atoms with Gasteiger partial charge in [-0.15, -0.1) is 0 Å². The topological polar surface area (TPSA) is 63.6 Å². The first-order valence-corrected chi connectivity index (χ1v) is 12.7. The van der Waals surface area contributed by atoms with Crippen LogP contribution in [0, 0.1) is 46.8 Å². The van der Waals surface area contributed by atoms with Crippen LogP contribution in [0.2, 0.25) is 0 Å². The first kappa shape index (κ1) is 22.3. The number of aliphatic hydroxyl groups is 1. The highest BCUT2D eigenvalue weighted by atomic mass is 16.5. The molecule has 4 fully saturated rings. The van der Waals surface area contributed by atoms with Crippen molar-refractivity contribution in [1.29, 1.82) is 0 Å². The van der Waals surface area contributed by atoms with E-state index in [0.29, 0.717) is 42.6 Å². The van der Waals surface area contributed by atoms with Gasteiger partial charge >= 0.3 is 5.97 Å². The van der Waals surface area contributed by atoms with Gasteiger partial charge in [-0.05, 0) is 100 Å². The minimum absolute atomic E-state index is 0.158. The van der Waals surface area contributed by atoms with Gasteiger partial charge in [0.15, 0.2) is 5.78 Å². The average molecular weight is 419 g/mol. The summed E-state index contributed by atoms with van der Waals surface area (Å²) in [6.07, 6.45) is 10.2. The molecule has 30 heavy (non-hydrogen) atoms. The molecule has 0 heterocycles. The molecule has 4 aliphatic carbocycles. The van der Waals surface area contributed by atoms with E-state index in [1.165, 1.54) is 12.8 Å². The zero-order chi connectivity index (χ0) is 21.7. The number of hydrogen-bond acceptors (Lipinski definition) is 4. The van der Waals surface area contributed by atoms with Gasteiger partial charge in [0.2, 0.25) is 0 Å². The van der Waals surface area contributed by atoms with E-state index in [-0.39, 0.29) is 17.2 Å². The quantitative estimate of drug-likeness (QED) is 0.506. The van der Waals surface area contributed by atoms with Crippen LogP contribution in [0.25, 0.3) is 0 Å². The van der Waals surface area contributed by atoms with E-state index in [1.807, 2.05) is 6.92 Å². The van der Waals surface area contributed by atoms with Gasteiger partial charge in [0.25, 0.3) is 0 Å². The molecule has 4 nitrogen and oxygen atoms in total. The highest BCUT2D eigenvalue weighted by Gasteiger charge is 2.61. The molecule has 4 saturated carbocycles. The molecule has 0 aromatic carbocycles. The zero-order valence-corrected chi connectivity index (χ0v) is 19.5. The molecular weight excluding hydrogens is 376 g/mol. The third kappa shape index (κ3) is 3.55. The van der Waals surface area contributed by atoms with Crippen LogP contribution in [0.1, 0.15) is 91.9 Å². The predicted molar refractivity (Wildman–Crippen MR) is 117 cm³/mol. The van der Waals surface area contributed by atoms with Gasteiger partial charge in [0.1, 0.15) is 5.92 Å². The molecule has 0 radical (unpaired) electrons. The van der Waals surface area contributed by atoms with Crippen molar-refractivity contribution in [3.8, 4) is 0 Å². The second-order valence-corrected chi connectivity index (χ2v) is 11.4. The average Bonchev–Trinajstić information content (AvgIpc) is 2.70. The molecule has 4 heteroatoms. The van der Waals surface area contributed by atoms with Gasteiger partial charge in [-0.1, -0.05) is 27.2 Å². The van der Waals surface area contributed by atoms with Gasteiger partial charge in [-0.2, -0.15) is 0 Å². The van der Waals surface area contributed by atoms with E-state index < -0.39 is 11.5 Å². The van der Waals surface area contributed by atoms with Crippen LogP contribution in [-0.4, -0.2) is 29.1 Å². The Kier molecular flexibility index (Phi) is 6.11. The van der Waals surface area contributed by atoms with Crippen molar-refractivity contribution in [3.05, 3.63) is 0 Å². The molecule has 0 aromatic rings. The van der Waals surface area contributed by atoms with Crippen molar-refractivity contribution in [2.75, 3.05) is 6.61 Å². The number of Topliss-reactive ketones (excluding diaryl/α,β-unsaturated/α-hetero) is 1. The minimum Gasteiger partial charge on any atom is -0.465 e. The van der Waals surface area contributed by atoms with Crippen LogP contribution in [0.3, 0.4) is 0 Å². The second-order valence-electron chi connectivity index (χ2n) is 11.4. The Hall–Kier alpha value is -0.900. The third-order valence-electron chi connectivity index (χ3n) is 9.74. The molecule has 0 bridgehead atoms. The van der Waals surface area contributed by atoms with Crippen molar-refractivity contribution in [3.63, 3.8) is 0 Å². The molecular formula is C26H42O4. The highest BCUT2D eigenvalue weighted by molar-refractivity contribution is 6.02. The summed E-state index contributed by atoms with van der Waals surface area (Å²) in [6, 6.07) is 0. The van der Waals surface area contributed by atoms with Crippen molar-refractivity contribution >= 4 is 11.8 Å². The van der Waals surface area contributed by atoms with Gasteiger partial charge in [-0.25, -0.2) is 0 Å². The Morgan fingerprint density at radius 1 is 1.10 bits per heavy atom. The van der Waals surface area contributed by atoms with E-state index in [2.05, 4.69) is 20.8 Å². The molecule has 170 valence electrons. The third-order valence-corrected chi connectivity index (χ3v) is 9.74. The van der Waals surface area contributed by atoms with Crippen LogP contribution in [0.5, 0.6) is 0 Å². The fourth-order valence-corrected chi connectivity index (χ4v) is 8.71. The molecule has 0 saturated heterocycles. The molecule has 9 atom stereocenters. The Morgan fingerprint density at radius 2 is 1.83 bits per heavy atom. The second kappa shape index (κ2) is 8.22. The van der Waals surface area contributed by atoms with Crippen LogP contribution < -0.4 is 0 Å². The maximum atomic E-state index is 13.5. The normalized spacial score (nSPS) is 48.3. The molecule has 4 rings (SSSR count). The number of rotatable bonds is 4. The van der Waals surface area contributed by atoms with Crippen molar-refractivity contribution in [2.24, 2.45) is 46.8 Å². The van der Waals surface area contributed by atoms with Crippen LogP contribution in [0.15, 0.2) is 0 Å². The largest absolute Gasteiger partial charge is 0.465 e. The lowest BCUT2D eigenvalue weighted by Crippen LogP contribution is -2.59. The Morgan fingerprint density at radius 3 is 2.53 bits per heavy atom. The van der Waals surface area contributed by atoms with Crippen LogP contribution in [0.4, 0.5) is 0 Å². The van der Waals surface area contributed by atoms with Crippen LogP contribution in [-0.2, 0) is 14.3 Å². The molecule has 0 aliphatic heterocycles. The van der Waals surface area contributed by atoms with Gasteiger partial charge in [0, 0.05) is 5.41 Å². The number of esters is 1. The Labute approximate surface area is 182 Å². The first-order chi connectivity index (χ1) is 14.2. The summed E-state index contributed by atoms with van der Waals surface area (Å²) < 4.78 is 5.26. The smallest absolute Gasteiger partial charge is 0.316 e. The highest BCUT2D eigenvalue weighted by Crippen LogP contribution is 2.63. The molecule has 4 aliphatic rings. The van der Waals surface area contributed by atoms with Gasteiger partial charge in [0.05, 0.1) is 12.2 Å². The standard InChI is InChI=1S/C26H42O4/c1-5-11-26(29)13-10-18-17(15-26)7-8-20-19(18)9-12-25(4)22(20)16(3)14-21(23(25)27)24(28)30-6-2/h16-22,29H,5-15H2,1-4H3/t16-,17-,18+,19-,20-,21?,22+,25+,26-/m1/s1. The summed E-state index contributed by atoms with van der Waals surface area (Å²) in [5.41, 5.74) is -0.812. The number of carbonyl (C=O) groups excluding carboxylic acids is 2. The predicted octanol–water partition coefficient (Wildman–Crippen LogP) is 5.16. The lowest BCUT2D eigenvalue weighted by Gasteiger charge is -2.60. The van der Waals surface area contributed by atoms with Crippen LogP contribution >= 0.6 is 0 Å². The zero-order valence-electron chi connectivity index (χ0n) is 19.5. The van der Waals surface area contributed by atoms with Gasteiger partial charge < -0.3 is 9.84 Å². The fourth-order valence-electron chi connectivity index (χ4n) is 8.71. The molecule has 0 spiro atoms. The number of carbonyl (C=O) groups is 2. The van der Waals surface area contributed by atoms with E-state index in [9.17, 15) is 14.7 Å². The maximum Gasteiger partial charge on any atom is 0.316 e. The monoisotopic (exact) mass is 418 g/mol. The summed E-state index contributed by atoms with van der Waals surface area (Å²) in [5.74, 6) is 2.74. The lowest BCUT2D eigenvalue weighted by atomic mass is 9.44. The Bertz CT molecular complexity index is 674. The van der Waals surface area contributed by atoms with Crippen molar-refractivity contribution in [2.45, 2.75) is 97.5 Å². The summed E-state index contributed by atoms with van der Waals surface area (Å²) in [5, 5.41) is 11.0.